The predicted molar refractivity (Wildman–Crippen MR) is 158 cm³/mol. The third-order valence-corrected chi connectivity index (χ3v) is 8.08. The molecule has 0 unspecified atom stereocenters. The number of sulfonamides is 1. The van der Waals surface area contributed by atoms with Crippen LogP contribution in [0.4, 0.5) is 5.69 Å². The van der Waals surface area contributed by atoms with Gasteiger partial charge in [0.05, 0.1) is 17.7 Å². The number of carbonyl (C=O) groups excluding carboxylic acids is 2. The van der Waals surface area contributed by atoms with E-state index in [2.05, 4.69) is 5.32 Å². The molecule has 3 aromatic carbocycles. The average molecular weight is 566 g/mol. The van der Waals surface area contributed by atoms with E-state index in [1.165, 1.54) is 24.1 Å². The van der Waals surface area contributed by atoms with Crippen LogP contribution in [-0.4, -0.2) is 50.4 Å². The molecule has 0 aliphatic rings. The predicted octanol–water partition coefficient (Wildman–Crippen LogP) is 4.92. The summed E-state index contributed by atoms with van der Waals surface area (Å²) < 4.78 is 34.0. The highest BCUT2D eigenvalue weighted by Crippen LogP contribution is 2.26. The lowest BCUT2D eigenvalue weighted by molar-refractivity contribution is -0.141. The van der Waals surface area contributed by atoms with Crippen molar-refractivity contribution in [2.24, 2.45) is 0 Å². The lowest BCUT2D eigenvalue weighted by Crippen LogP contribution is -2.55. The molecule has 0 heterocycles. The van der Waals surface area contributed by atoms with Crippen LogP contribution in [0.5, 0.6) is 5.75 Å². The van der Waals surface area contributed by atoms with Gasteiger partial charge in [-0.05, 0) is 76.1 Å². The SMILES string of the molecule is CC[C@H](C(=O)NC(C)(C)C)N(Cc1cccc(C)c1)C(=O)CN(c1ccccc1)S(=O)(=O)c1ccc(OC)cc1. The van der Waals surface area contributed by atoms with Gasteiger partial charge in [-0.2, -0.15) is 0 Å². The molecule has 0 radical (unpaired) electrons. The third-order valence-electron chi connectivity index (χ3n) is 6.29. The molecule has 0 bridgehead atoms. The van der Waals surface area contributed by atoms with Crippen molar-refractivity contribution in [2.45, 2.75) is 64.1 Å². The number of carbonyl (C=O) groups is 2. The maximum atomic E-state index is 14.1. The van der Waals surface area contributed by atoms with E-state index in [-0.39, 0.29) is 17.3 Å². The number of amides is 2. The molecule has 0 aromatic heterocycles. The molecule has 0 saturated heterocycles. The van der Waals surface area contributed by atoms with E-state index in [1.807, 2.05) is 58.9 Å². The minimum absolute atomic E-state index is 0.0210. The maximum absolute atomic E-state index is 14.1. The number of aryl methyl sites for hydroxylation is 1. The fourth-order valence-electron chi connectivity index (χ4n) is 4.38. The Morgan fingerprint density at radius 3 is 2.15 bits per heavy atom. The molecule has 9 heteroatoms. The van der Waals surface area contributed by atoms with E-state index < -0.39 is 34.1 Å². The van der Waals surface area contributed by atoms with Crippen LogP contribution >= 0.6 is 0 Å². The van der Waals surface area contributed by atoms with Crippen molar-refractivity contribution in [3.63, 3.8) is 0 Å². The maximum Gasteiger partial charge on any atom is 0.264 e. The summed E-state index contributed by atoms with van der Waals surface area (Å²) in [6.45, 7) is 9.10. The summed E-state index contributed by atoms with van der Waals surface area (Å²) in [4.78, 5) is 29.0. The number of hydrogen-bond acceptors (Lipinski definition) is 5. The Kier molecular flexibility index (Phi) is 9.98. The first kappa shape index (κ1) is 30.7. The summed E-state index contributed by atoms with van der Waals surface area (Å²) in [5, 5.41) is 2.98. The molecule has 2 amide bonds. The van der Waals surface area contributed by atoms with E-state index in [0.717, 1.165) is 15.4 Å². The molecule has 0 aliphatic carbocycles. The molecule has 0 aliphatic heterocycles. The van der Waals surface area contributed by atoms with Crippen LogP contribution < -0.4 is 14.4 Å². The van der Waals surface area contributed by atoms with Gasteiger partial charge in [-0.1, -0.05) is 55.0 Å². The van der Waals surface area contributed by atoms with Crippen molar-refractivity contribution >= 4 is 27.5 Å². The Hall–Kier alpha value is -3.85. The van der Waals surface area contributed by atoms with Crippen LogP contribution in [0.3, 0.4) is 0 Å². The average Bonchev–Trinajstić information content (AvgIpc) is 2.91. The second-order valence-electron chi connectivity index (χ2n) is 10.7. The monoisotopic (exact) mass is 565 g/mol. The summed E-state index contributed by atoms with van der Waals surface area (Å²) in [5.74, 6) is -0.264. The number of nitrogens with one attached hydrogen (secondary N) is 1. The van der Waals surface area contributed by atoms with E-state index in [1.54, 1.807) is 42.5 Å². The molecule has 0 spiro atoms. The first-order chi connectivity index (χ1) is 18.9. The van der Waals surface area contributed by atoms with Crippen molar-refractivity contribution in [2.75, 3.05) is 18.0 Å². The molecule has 40 heavy (non-hydrogen) atoms. The highest BCUT2D eigenvalue weighted by Gasteiger charge is 2.34. The van der Waals surface area contributed by atoms with Crippen LogP contribution in [0.2, 0.25) is 0 Å². The molecular weight excluding hydrogens is 526 g/mol. The highest BCUT2D eigenvalue weighted by atomic mass is 32.2. The van der Waals surface area contributed by atoms with Crippen molar-refractivity contribution in [3.05, 3.63) is 90.0 Å². The topological polar surface area (TPSA) is 96.0 Å². The summed E-state index contributed by atoms with van der Waals surface area (Å²) in [6.07, 6.45) is 0.357. The lowest BCUT2D eigenvalue weighted by atomic mass is 10.0. The lowest BCUT2D eigenvalue weighted by Gasteiger charge is -2.34. The van der Waals surface area contributed by atoms with Crippen molar-refractivity contribution in [1.29, 1.82) is 0 Å². The Bertz CT molecular complexity index is 1400. The van der Waals surface area contributed by atoms with Crippen LogP contribution in [0.1, 0.15) is 45.2 Å². The normalized spacial score (nSPS) is 12.3. The summed E-state index contributed by atoms with van der Waals surface area (Å²) in [5.41, 5.74) is 1.70. The van der Waals surface area contributed by atoms with Crippen LogP contribution in [-0.2, 0) is 26.2 Å². The van der Waals surface area contributed by atoms with Gasteiger partial charge in [0.1, 0.15) is 18.3 Å². The smallest absolute Gasteiger partial charge is 0.264 e. The van der Waals surface area contributed by atoms with Gasteiger partial charge in [-0.3, -0.25) is 13.9 Å². The van der Waals surface area contributed by atoms with Gasteiger partial charge in [0.15, 0.2) is 0 Å². The minimum atomic E-state index is -4.14. The summed E-state index contributed by atoms with van der Waals surface area (Å²) in [7, 11) is -2.64. The second kappa shape index (κ2) is 13.0. The van der Waals surface area contributed by atoms with Crippen molar-refractivity contribution < 1.29 is 22.7 Å². The van der Waals surface area contributed by atoms with Gasteiger partial charge in [-0.15, -0.1) is 0 Å². The Morgan fingerprint density at radius 1 is 0.950 bits per heavy atom. The number of hydrogen-bond donors (Lipinski definition) is 1. The first-order valence-electron chi connectivity index (χ1n) is 13.2. The number of rotatable bonds is 11. The number of anilines is 1. The largest absolute Gasteiger partial charge is 0.497 e. The molecule has 1 atom stereocenters. The molecule has 3 rings (SSSR count). The van der Waals surface area contributed by atoms with Crippen molar-refractivity contribution in [3.8, 4) is 5.75 Å². The zero-order chi connectivity index (χ0) is 29.5. The Balaban J connectivity index is 2.05. The van der Waals surface area contributed by atoms with Crippen LogP contribution in [0, 0.1) is 6.92 Å². The number of nitrogens with zero attached hydrogens (tertiary/aromatic N) is 2. The Labute approximate surface area is 238 Å². The highest BCUT2D eigenvalue weighted by molar-refractivity contribution is 7.92. The quantitative estimate of drug-likeness (QED) is 0.356. The molecule has 0 fully saturated rings. The number of ether oxygens (including phenoxy) is 1. The zero-order valence-corrected chi connectivity index (χ0v) is 24.9. The van der Waals surface area contributed by atoms with Gasteiger partial charge in [-0.25, -0.2) is 8.42 Å². The van der Waals surface area contributed by atoms with E-state index in [4.69, 9.17) is 4.74 Å². The fraction of sp³-hybridized carbons (Fsp3) is 0.355. The van der Waals surface area contributed by atoms with E-state index in [9.17, 15) is 18.0 Å². The third kappa shape index (κ3) is 7.85. The number of para-hydroxylation sites is 1. The molecular formula is C31H39N3O5S. The molecule has 0 saturated carbocycles. The van der Waals surface area contributed by atoms with Crippen LogP contribution in [0.15, 0.2) is 83.8 Å². The molecule has 1 N–H and O–H groups in total. The standard InChI is InChI=1S/C31H39N3O5S/c1-7-28(30(36)32-31(3,4)5)33(21-24-13-11-12-23(2)20-24)29(35)22-34(25-14-9-8-10-15-25)40(37,38)27-18-16-26(39-6)17-19-27/h8-20,28H,7,21-22H2,1-6H3,(H,32,36)/t28-/m1/s1. The van der Waals surface area contributed by atoms with Gasteiger partial charge in [0, 0.05) is 12.1 Å². The molecule has 214 valence electrons. The van der Waals surface area contributed by atoms with Gasteiger partial charge < -0.3 is 15.0 Å². The second-order valence-corrected chi connectivity index (χ2v) is 12.6. The zero-order valence-electron chi connectivity index (χ0n) is 24.0. The molecule has 8 nitrogen and oxygen atoms in total. The minimum Gasteiger partial charge on any atom is -0.497 e. The van der Waals surface area contributed by atoms with Gasteiger partial charge in [0.2, 0.25) is 11.8 Å². The summed E-state index contributed by atoms with van der Waals surface area (Å²) >= 11 is 0. The first-order valence-corrected chi connectivity index (χ1v) is 14.7. The van der Waals surface area contributed by atoms with Crippen LogP contribution in [0.25, 0.3) is 0 Å². The van der Waals surface area contributed by atoms with Gasteiger partial charge in [0.25, 0.3) is 10.0 Å². The molecule has 3 aromatic rings. The Morgan fingerprint density at radius 2 is 1.60 bits per heavy atom. The van der Waals surface area contributed by atoms with E-state index >= 15 is 0 Å². The summed E-state index contributed by atoms with van der Waals surface area (Å²) in [6, 6.07) is 21.4. The fourth-order valence-corrected chi connectivity index (χ4v) is 5.79. The number of methoxy groups -OCH3 is 1. The van der Waals surface area contributed by atoms with E-state index in [0.29, 0.717) is 17.9 Å². The van der Waals surface area contributed by atoms with Gasteiger partial charge >= 0.3 is 0 Å². The number of benzene rings is 3. The van der Waals surface area contributed by atoms with Crippen molar-refractivity contribution in [1.82, 2.24) is 10.2 Å².